The molecule has 5 rings (SSSR count). The lowest BCUT2D eigenvalue weighted by molar-refractivity contribution is 0.390. The number of nitrogens with zero attached hydrogens (tertiary/aromatic N) is 3. The maximum atomic E-state index is 12.6. The third-order valence-corrected chi connectivity index (χ3v) is 5.83. The Kier molecular flexibility index (Phi) is 3.17. The van der Waals surface area contributed by atoms with Crippen LogP contribution in [0.4, 0.5) is 5.69 Å². The number of para-hydroxylation sites is 2. The van der Waals surface area contributed by atoms with E-state index in [1.807, 2.05) is 30.3 Å². The van der Waals surface area contributed by atoms with Crippen LogP contribution >= 0.6 is 0 Å². The molecule has 1 aromatic heterocycles. The smallest absolute Gasteiger partial charge is 0.258 e. The number of aromatic amines is 1. The number of rotatable bonds is 1. The summed E-state index contributed by atoms with van der Waals surface area (Å²) >= 11 is 0. The quantitative estimate of drug-likeness (QED) is 0.738. The number of benzene rings is 2. The monoisotopic (exact) mass is 342 g/mol. The molecule has 3 heterocycles. The molecule has 5 heteroatoms. The lowest BCUT2D eigenvalue weighted by Crippen LogP contribution is -2.53. The van der Waals surface area contributed by atoms with Crippen LogP contribution in [-0.2, 0) is 11.8 Å². The summed E-state index contributed by atoms with van der Waals surface area (Å²) in [5, 5.41) is 10.9. The van der Waals surface area contributed by atoms with E-state index in [-0.39, 0.29) is 11.6 Å². The van der Waals surface area contributed by atoms with Gasteiger partial charge in [0.05, 0.1) is 23.0 Å². The maximum Gasteiger partial charge on any atom is 0.258 e. The fourth-order valence-corrected chi connectivity index (χ4v) is 4.63. The van der Waals surface area contributed by atoms with E-state index in [1.54, 1.807) is 6.07 Å². The number of nitrogens with one attached hydrogen (secondary N) is 1. The van der Waals surface area contributed by atoms with E-state index in [0.29, 0.717) is 23.1 Å². The third kappa shape index (κ3) is 1.96. The number of anilines is 1. The van der Waals surface area contributed by atoms with Crippen LogP contribution in [0.5, 0.6) is 0 Å². The highest BCUT2D eigenvalue weighted by Crippen LogP contribution is 2.46. The van der Waals surface area contributed by atoms with Crippen LogP contribution in [0.25, 0.3) is 10.9 Å². The third-order valence-electron chi connectivity index (χ3n) is 5.83. The lowest BCUT2D eigenvalue weighted by Gasteiger charge is -2.44. The first-order valence-corrected chi connectivity index (χ1v) is 8.98. The van der Waals surface area contributed by atoms with Gasteiger partial charge in [-0.3, -0.25) is 4.79 Å². The molecule has 2 aromatic carbocycles. The average molecular weight is 342 g/mol. The van der Waals surface area contributed by atoms with Crippen molar-refractivity contribution in [3.63, 3.8) is 0 Å². The topological polar surface area (TPSA) is 72.8 Å². The number of hydrogen-bond acceptors (Lipinski definition) is 4. The SMILES string of the molecule is N#C[C@@]1(c2nc3ccccc3c(=O)[nH]2)Cc2ccccc2N2CCC[C@H]21. The Balaban J connectivity index is 1.76. The molecule has 5 nitrogen and oxygen atoms in total. The number of fused-ring (bicyclic) bond motifs is 4. The van der Waals surface area contributed by atoms with Crippen molar-refractivity contribution >= 4 is 16.6 Å². The molecule has 128 valence electrons. The molecule has 26 heavy (non-hydrogen) atoms. The lowest BCUT2D eigenvalue weighted by atomic mass is 9.71. The maximum absolute atomic E-state index is 12.6. The van der Waals surface area contributed by atoms with E-state index in [0.717, 1.165) is 24.9 Å². The largest absolute Gasteiger partial charge is 0.366 e. The molecule has 0 unspecified atom stereocenters. The van der Waals surface area contributed by atoms with Gasteiger partial charge in [0.25, 0.3) is 5.56 Å². The standard InChI is InChI=1S/C21H18N4O/c22-13-21(20-23-16-8-3-2-7-15(16)19(26)24-20)12-14-6-1-4-9-17(14)25-11-5-10-18(21)25/h1-4,6-9,18H,5,10-12H2,(H,23,24,26)/t18-,21-/m0/s1. The van der Waals surface area contributed by atoms with Crippen molar-refractivity contribution in [3.8, 4) is 6.07 Å². The summed E-state index contributed by atoms with van der Waals surface area (Å²) in [6.45, 7) is 0.933. The first-order valence-electron chi connectivity index (χ1n) is 8.98. The minimum atomic E-state index is -0.839. The first kappa shape index (κ1) is 15.2. The summed E-state index contributed by atoms with van der Waals surface area (Å²) in [5.41, 5.74) is 1.98. The Morgan fingerprint density at radius 2 is 2.00 bits per heavy atom. The number of aromatic nitrogens is 2. The molecule has 0 spiro atoms. The van der Waals surface area contributed by atoms with Gasteiger partial charge in [-0.2, -0.15) is 5.26 Å². The molecule has 0 saturated carbocycles. The number of H-pyrrole nitrogens is 1. The molecular weight excluding hydrogens is 324 g/mol. The van der Waals surface area contributed by atoms with E-state index in [9.17, 15) is 10.1 Å². The molecule has 0 amide bonds. The second-order valence-electron chi connectivity index (χ2n) is 7.17. The van der Waals surface area contributed by atoms with E-state index < -0.39 is 5.41 Å². The van der Waals surface area contributed by atoms with Gasteiger partial charge in [-0.25, -0.2) is 4.98 Å². The van der Waals surface area contributed by atoms with Crippen molar-refractivity contribution in [2.45, 2.75) is 30.7 Å². The van der Waals surface area contributed by atoms with Crippen LogP contribution in [0.2, 0.25) is 0 Å². The molecule has 3 aromatic rings. The van der Waals surface area contributed by atoms with Gasteiger partial charge in [0, 0.05) is 18.7 Å². The Bertz CT molecular complexity index is 1110. The number of nitriles is 1. The normalized spacial score (nSPS) is 24.1. The molecule has 1 N–H and O–H groups in total. The van der Waals surface area contributed by atoms with Gasteiger partial charge >= 0.3 is 0 Å². The summed E-state index contributed by atoms with van der Waals surface area (Å²) in [4.78, 5) is 22.6. The summed E-state index contributed by atoms with van der Waals surface area (Å²) < 4.78 is 0. The predicted octanol–water partition coefficient (Wildman–Crippen LogP) is 2.91. The molecule has 1 fully saturated rings. The van der Waals surface area contributed by atoms with Crippen LogP contribution in [0.3, 0.4) is 0 Å². The van der Waals surface area contributed by atoms with Crippen molar-refractivity contribution in [3.05, 3.63) is 70.3 Å². The first-order chi connectivity index (χ1) is 12.7. The zero-order valence-electron chi connectivity index (χ0n) is 14.3. The second-order valence-corrected chi connectivity index (χ2v) is 7.17. The van der Waals surface area contributed by atoms with Crippen LogP contribution in [-0.4, -0.2) is 22.6 Å². The molecule has 1 saturated heterocycles. The molecular formula is C21H18N4O. The Hall–Kier alpha value is -3.13. The van der Waals surface area contributed by atoms with E-state index in [1.165, 1.54) is 5.69 Å². The van der Waals surface area contributed by atoms with Gasteiger partial charge in [0.1, 0.15) is 11.2 Å². The van der Waals surface area contributed by atoms with Gasteiger partial charge in [-0.15, -0.1) is 0 Å². The van der Waals surface area contributed by atoms with E-state index in [4.69, 9.17) is 4.98 Å². The summed E-state index contributed by atoms with van der Waals surface area (Å²) in [6.07, 6.45) is 2.54. The summed E-state index contributed by atoms with van der Waals surface area (Å²) in [5.74, 6) is 0.495. The highest BCUT2D eigenvalue weighted by atomic mass is 16.1. The zero-order valence-corrected chi connectivity index (χ0v) is 14.3. The van der Waals surface area contributed by atoms with Gasteiger partial charge in [0.15, 0.2) is 0 Å². The minimum Gasteiger partial charge on any atom is -0.366 e. The summed E-state index contributed by atoms with van der Waals surface area (Å²) in [6, 6.07) is 18.2. The van der Waals surface area contributed by atoms with Crippen LogP contribution in [0.15, 0.2) is 53.3 Å². The predicted molar refractivity (Wildman–Crippen MR) is 100 cm³/mol. The Morgan fingerprint density at radius 1 is 1.19 bits per heavy atom. The van der Waals surface area contributed by atoms with E-state index in [2.05, 4.69) is 28.1 Å². The highest BCUT2D eigenvalue weighted by molar-refractivity contribution is 5.77. The average Bonchev–Trinajstić information content (AvgIpc) is 3.18. The van der Waals surface area contributed by atoms with Crippen molar-refractivity contribution in [1.29, 1.82) is 5.26 Å². The molecule has 2 aliphatic heterocycles. The second kappa shape index (κ2) is 5.43. The zero-order chi connectivity index (χ0) is 17.7. The highest BCUT2D eigenvalue weighted by Gasteiger charge is 2.51. The fourth-order valence-electron chi connectivity index (χ4n) is 4.63. The van der Waals surface area contributed by atoms with Crippen molar-refractivity contribution in [1.82, 2.24) is 9.97 Å². The minimum absolute atomic E-state index is 0.0340. The van der Waals surface area contributed by atoms with Gasteiger partial charge in [0.2, 0.25) is 0 Å². The Labute approximate surface area is 150 Å². The van der Waals surface area contributed by atoms with Gasteiger partial charge in [-0.1, -0.05) is 30.3 Å². The fraction of sp³-hybridized carbons (Fsp3) is 0.286. The van der Waals surface area contributed by atoms with Crippen LogP contribution < -0.4 is 10.5 Å². The van der Waals surface area contributed by atoms with Crippen molar-refractivity contribution in [2.24, 2.45) is 0 Å². The van der Waals surface area contributed by atoms with Crippen LogP contribution in [0.1, 0.15) is 24.2 Å². The Morgan fingerprint density at radius 3 is 2.88 bits per heavy atom. The van der Waals surface area contributed by atoms with Gasteiger partial charge < -0.3 is 9.88 Å². The molecule has 0 bridgehead atoms. The molecule has 0 radical (unpaired) electrons. The van der Waals surface area contributed by atoms with Crippen LogP contribution in [0, 0.1) is 11.3 Å². The number of hydrogen-bond donors (Lipinski definition) is 1. The van der Waals surface area contributed by atoms with Crippen molar-refractivity contribution in [2.75, 3.05) is 11.4 Å². The van der Waals surface area contributed by atoms with Crippen molar-refractivity contribution < 1.29 is 0 Å². The molecule has 2 aliphatic rings. The summed E-state index contributed by atoms with van der Waals surface area (Å²) in [7, 11) is 0. The molecule has 0 aliphatic carbocycles. The van der Waals surface area contributed by atoms with Gasteiger partial charge in [-0.05, 0) is 36.6 Å². The van der Waals surface area contributed by atoms with E-state index >= 15 is 0 Å². The molecule has 2 atom stereocenters.